The summed E-state index contributed by atoms with van der Waals surface area (Å²) in [6, 6.07) is 16.0. The number of hydrogen-bond acceptors (Lipinski definition) is 2. The lowest BCUT2D eigenvalue weighted by Crippen LogP contribution is -2.07. The van der Waals surface area contributed by atoms with E-state index in [1.165, 1.54) is 0 Å². The summed E-state index contributed by atoms with van der Waals surface area (Å²) in [6.07, 6.45) is 0.0658. The van der Waals surface area contributed by atoms with Gasteiger partial charge in [0.15, 0.2) is 5.78 Å². The van der Waals surface area contributed by atoms with Gasteiger partial charge in [0.2, 0.25) is 5.24 Å². The van der Waals surface area contributed by atoms with Crippen LogP contribution in [0.2, 0.25) is 0 Å². The Morgan fingerprint density at radius 1 is 0.889 bits per heavy atom. The van der Waals surface area contributed by atoms with Crippen molar-refractivity contribution in [2.24, 2.45) is 0 Å². The molecule has 0 N–H and O–H groups in total. The molecule has 2 nitrogen and oxygen atoms in total. The Hall–Kier alpha value is -1.93. The van der Waals surface area contributed by atoms with Crippen LogP contribution < -0.4 is 0 Å². The number of rotatable bonds is 4. The minimum Gasteiger partial charge on any atom is -0.289 e. The van der Waals surface area contributed by atoms with Crippen molar-refractivity contribution in [3.8, 4) is 0 Å². The van der Waals surface area contributed by atoms with E-state index < -0.39 is 5.24 Å². The number of benzene rings is 2. The number of hydrogen-bond donors (Lipinski definition) is 0. The molecule has 0 atom stereocenters. The summed E-state index contributed by atoms with van der Waals surface area (Å²) in [5.74, 6) is -0.0934. The Balaban J connectivity index is 2.39. The highest BCUT2D eigenvalue weighted by Crippen LogP contribution is 2.16. The lowest BCUT2D eigenvalue weighted by atomic mass is 9.97. The summed E-state index contributed by atoms with van der Waals surface area (Å²) < 4.78 is 0. The molecular weight excluding hydrogens is 248 g/mol. The second-order valence-electron chi connectivity index (χ2n) is 3.88. The first-order valence-electron chi connectivity index (χ1n) is 5.54. The predicted octanol–water partition coefficient (Wildman–Crippen LogP) is 3.23. The second-order valence-corrected chi connectivity index (χ2v) is 4.31. The summed E-state index contributed by atoms with van der Waals surface area (Å²) in [6.45, 7) is 0. The monoisotopic (exact) mass is 258 g/mol. The highest BCUT2D eigenvalue weighted by Gasteiger charge is 2.14. The van der Waals surface area contributed by atoms with Crippen LogP contribution in [0.4, 0.5) is 0 Å². The Morgan fingerprint density at radius 2 is 1.50 bits per heavy atom. The van der Waals surface area contributed by atoms with Crippen molar-refractivity contribution in [2.75, 3.05) is 0 Å². The van der Waals surface area contributed by atoms with Gasteiger partial charge in [0.25, 0.3) is 0 Å². The van der Waals surface area contributed by atoms with Crippen LogP contribution in [0, 0.1) is 0 Å². The Bertz CT molecular complexity index is 576. The summed E-state index contributed by atoms with van der Waals surface area (Å²) in [5, 5.41) is -0.469. The first-order valence-corrected chi connectivity index (χ1v) is 5.92. The molecule has 0 saturated carbocycles. The van der Waals surface area contributed by atoms with Crippen molar-refractivity contribution in [1.29, 1.82) is 0 Å². The summed E-state index contributed by atoms with van der Waals surface area (Å²) >= 11 is 5.38. The molecule has 3 heteroatoms. The van der Waals surface area contributed by atoms with Gasteiger partial charge in [-0.05, 0) is 17.2 Å². The van der Waals surface area contributed by atoms with E-state index in [0.29, 0.717) is 16.7 Å². The molecule has 0 heterocycles. The molecule has 0 aliphatic carbocycles. The van der Waals surface area contributed by atoms with Crippen LogP contribution in [0.15, 0.2) is 54.6 Å². The number of carbonyl (C=O) groups is 2. The number of carbonyl (C=O) groups excluding carboxylic acids is 2. The fourth-order valence-electron chi connectivity index (χ4n) is 1.79. The van der Waals surface area contributed by atoms with Crippen LogP contribution in [0.25, 0.3) is 0 Å². The van der Waals surface area contributed by atoms with Crippen LogP contribution in [-0.4, -0.2) is 11.0 Å². The molecule has 0 amide bonds. The van der Waals surface area contributed by atoms with Gasteiger partial charge in [0.05, 0.1) is 0 Å². The van der Waals surface area contributed by atoms with Crippen LogP contribution in [0.3, 0.4) is 0 Å². The Kier molecular flexibility index (Phi) is 3.90. The smallest absolute Gasteiger partial charge is 0.226 e. The number of halogens is 1. The van der Waals surface area contributed by atoms with Crippen molar-refractivity contribution in [2.45, 2.75) is 6.42 Å². The van der Waals surface area contributed by atoms with E-state index in [-0.39, 0.29) is 12.2 Å². The van der Waals surface area contributed by atoms with Crippen molar-refractivity contribution in [3.63, 3.8) is 0 Å². The van der Waals surface area contributed by atoms with Crippen molar-refractivity contribution < 1.29 is 9.59 Å². The van der Waals surface area contributed by atoms with Gasteiger partial charge in [-0.1, -0.05) is 54.6 Å². The highest BCUT2D eigenvalue weighted by molar-refractivity contribution is 6.63. The summed E-state index contributed by atoms with van der Waals surface area (Å²) in [4.78, 5) is 23.3. The van der Waals surface area contributed by atoms with Crippen molar-refractivity contribution in [1.82, 2.24) is 0 Å². The molecule has 0 bridgehead atoms. The SMILES string of the molecule is O=C(Cl)Cc1ccccc1C(=O)c1ccccc1. The maximum Gasteiger partial charge on any atom is 0.226 e. The quantitative estimate of drug-likeness (QED) is 0.623. The molecule has 0 fully saturated rings. The maximum absolute atomic E-state index is 12.3. The third kappa shape index (κ3) is 2.84. The average Bonchev–Trinajstić information content (AvgIpc) is 2.39. The van der Waals surface area contributed by atoms with Crippen LogP contribution in [-0.2, 0) is 11.2 Å². The first-order chi connectivity index (χ1) is 8.68. The van der Waals surface area contributed by atoms with Gasteiger partial charge in [-0.3, -0.25) is 9.59 Å². The van der Waals surface area contributed by atoms with Gasteiger partial charge >= 0.3 is 0 Å². The zero-order chi connectivity index (χ0) is 13.0. The summed E-state index contributed by atoms with van der Waals surface area (Å²) in [5.41, 5.74) is 1.79. The second kappa shape index (κ2) is 5.61. The molecule has 90 valence electrons. The van der Waals surface area contributed by atoms with Crippen molar-refractivity contribution >= 4 is 22.6 Å². The molecule has 0 unspecified atom stereocenters. The van der Waals surface area contributed by atoms with Crippen molar-refractivity contribution in [3.05, 3.63) is 71.3 Å². The van der Waals surface area contributed by atoms with E-state index in [2.05, 4.69) is 0 Å². The standard InChI is InChI=1S/C15H11ClO2/c16-14(17)10-12-8-4-5-9-13(12)15(18)11-6-2-1-3-7-11/h1-9H,10H2. The molecule has 0 radical (unpaired) electrons. The molecule has 2 aromatic rings. The molecule has 18 heavy (non-hydrogen) atoms. The first kappa shape index (κ1) is 12.5. The number of ketones is 1. The maximum atomic E-state index is 12.3. The molecule has 0 aromatic heterocycles. The fourth-order valence-corrected chi connectivity index (χ4v) is 1.93. The Labute approximate surface area is 110 Å². The van der Waals surface area contributed by atoms with Gasteiger partial charge in [-0.25, -0.2) is 0 Å². The van der Waals surface area contributed by atoms with Crippen LogP contribution >= 0.6 is 11.6 Å². The minimum absolute atomic E-state index is 0.0658. The lowest BCUT2D eigenvalue weighted by molar-refractivity contribution is -0.111. The van der Waals surface area contributed by atoms with Crippen LogP contribution in [0.1, 0.15) is 21.5 Å². The van der Waals surface area contributed by atoms with E-state index in [0.717, 1.165) is 0 Å². The third-order valence-electron chi connectivity index (χ3n) is 2.63. The van der Waals surface area contributed by atoms with Crippen LogP contribution in [0.5, 0.6) is 0 Å². The molecule has 2 rings (SSSR count). The van der Waals surface area contributed by atoms with E-state index in [1.807, 2.05) is 18.2 Å². The third-order valence-corrected chi connectivity index (χ3v) is 2.76. The molecule has 0 saturated heterocycles. The molecule has 0 spiro atoms. The normalized spacial score (nSPS) is 10.1. The molecule has 0 aliphatic rings. The molecule has 0 aliphatic heterocycles. The van der Waals surface area contributed by atoms with Gasteiger partial charge < -0.3 is 0 Å². The van der Waals surface area contributed by atoms with E-state index in [4.69, 9.17) is 11.6 Å². The van der Waals surface area contributed by atoms with E-state index in [1.54, 1.807) is 36.4 Å². The summed E-state index contributed by atoms with van der Waals surface area (Å²) in [7, 11) is 0. The lowest BCUT2D eigenvalue weighted by Gasteiger charge is -2.06. The zero-order valence-corrected chi connectivity index (χ0v) is 10.4. The van der Waals surface area contributed by atoms with Gasteiger partial charge in [-0.15, -0.1) is 0 Å². The van der Waals surface area contributed by atoms with E-state index in [9.17, 15) is 9.59 Å². The fraction of sp³-hybridized carbons (Fsp3) is 0.0667. The predicted molar refractivity (Wildman–Crippen MR) is 70.9 cm³/mol. The highest BCUT2D eigenvalue weighted by atomic mass is 35.5. The van der Waals surface area contributed by atoms with E-state index >= 15 is 0 Å². The van der Waals surface area contributed by atoms with Gasteiger partial charge in [0.1, 0.15) is 0 Å². The van der Waals surface area contributed by atoms with Gasteiger partial charge in [0, 0.05) is 17.5 Å². The zero-order valence-electron chi connectivity index (χ0n) is 9.60. The minimum atomic E-state index is -0.469. The molecular formula is C15H11ClO2. The topological polar surface area (TPSA) is 34.1 Å². The molecule has 2 aromatic carbocycles. The largest absolute Gasteiger partial charge is 0.289 e. The van der Waals surface area contributed by atoms with Gasteiger partial charge in [-0.2, -0.15) is 0 Å². The Morgan fingerprint density at radius 3 is 2.17 bits per heavy atom. The average molecular weight is 259 g/mol.